The third-order valence-electron chi connectivity index (χ3n) is 4.54. The highest BCUT2D eigenvalue weighted by atomic mass is 32.2. The van der Waals surface area contributed by atoms with Crippen molar-refractivity contribution in [1.29, 1.82) is 0 Å². The molecular formula is C23H22N4O4S2. The Balaban J connectivity index is 1.64. The van der Waals surface area contributed by atoms with Gasteiger partial charge in [0.2, 0.25) is 0 Å². The lowest BCUT2D eigenvalue weighted by Crippen LogP contribution is -2.03. The van der Waals surface area contributed by atoms with Gasteiger partial charge in [-0.15, -0.1) is 11.3 Å². The molecule has 4 aromatic rings. The maximum atomic E-state index is 9.81. The van der Waals surface area contributed by atoms with E-state index in [2.05, 4.69) is 20.3 Å². The standard InChI is InChI=1S/C23H22N4O4S2/c1-14-20(7-4-8-24-14)31-21-10-17(33-16-6-3-5-15(9-16)30-2)11-25-22(21)27-23-26-18(13-32-23)19(29)12-28/h3-11,13,19,28-29H,12H2,1-2H3,(H,25,26,27). The second-order valence-corrected chi connectivity index (χ2v) is 8.89. The van der Waals surface area contributed by atoms with Crippen molar-refractivity contribution < 1.29 is 19.7 Å². The summed E-state index contributed by atoms with van der Waals surface area (Å²) in [5.74, 6) is 2.35. The number of hydrogen-bond acceptors (Lipinski definition) is 10. The second kappa shape index (κ2) is 10.6. The molecule has 1 unspecified atom stereocenters. The van der Waals surface area contributed by atoms with Gasteiger partial charge in [0.1, 0.15) is 17.6 Å². The highest BCUT2D eigenvalue weighted by Crippen LogP contribution is 2.37. The number of benzene rings is 1. The smallest absolute Gasteiger partial charge is 0.188 e. The number of thiazole rings is 1. The van der Waals surface area contributed by atoms with Crippen LogP contribution in [0.2, 0.25) is 0 Å². The van der Waals surface area contributed by atoms with E-state index in [4.69, 9.17) is 14.6 Å². The summed E-state index contributed by atoms with van der Waals surface area (Å²) in [6.07, 6.45) is 2.42. The fraction of sp³-hybridized carbons (Fsp3) is 0.174. The molecule has 0 aliphatic rings. The number of aryl methyl sites for hydroxylation is 1. The topological polar surface area (TPSA) is 110 Å². The van der Waals surface area contributed by atoms with Crippen molar-refractivity contribution in [1.82, 2.24) is 15.0 Å². The zero-order valence-corrected chi connectivity index (χ0v) is 19.6. The summed E-state index contributed by atoms with van der Waals surface area (Å²) in [7, 11) is 1.64. The average Bonchev–Trinajstić information content (AvgIpc) is 3.30. The van der Waals surface area contributed by atoms with Crippen molar-refractivity contribution in [2.75, 3.05) is 19.0 Å². The Hall–Kier alpha value is -3.18. The van der Waals surface area contributed by atoms with Crippen LogP contribution in [-0.2, 0) is 0 Å². The van der Waals surface area contributed by atoms with Gasteiger partial charge in [-0.05, 0) is 37.3 Å². The van der Waals surface area contributed by atoms with Gasteiger partial charge in [0.15, 0.2) is 16.7 Å². The molecule has 170 valence electrons. The Kier molecular flexibility index (Phi) is 7.40. The van der Waals surface area contributed by atoms with E-state index >= 15 is 0 Å². The molecule has 0 saturated carbocycles. The molecule has 3 heterocycles. The fourth-order valence-corrected chi connectivity index (χ4v) is 4.46. The first kappa shape index (κ1) is 23.0. The van der Waals surface area contributed by atoms with Crippen LogP contribution in [0.3, 0.4) is 0 Å². The van der Waals surface area contributed by atoms with E-state index in [1.165, 1.54) is 23.1 Å². The molecule has 3 N–H and O–H groups in total. The van der Waals surface area contributed by atoms with Gasteiger partial charge in [-0.3, -0.25) is 4.98 Å². The molecule has 0 aliphatic carbocycles. The Morgan fingerprint density at radius 2 is 2.00 bits per heavy atom. The van der Waals surface area contributed by atoms with E-state index in [0.717, 1.165) is 21.2 Å². The van der Waals surface area contributed by atoms with Crippen molar-refractivity contribution in [3.63, 3.8) is 0 Å². The summed E-state index contributed by atoms with van der Waals surface area (Å²) in [6.45, 7) is 1.47. The Morgan fingerprint density at radius 3 is 2.79 bits per heavy atom. The minimum absolute atomic E-state index is 0.390. The van der Waals surface area contributed by atoms with E-state index in [0.29, 0.717) is 28.1 Å². The van der Waals surface area contributed by atoms with Gasteiger partial charge in [0.25, 0.3) is 0 Å². The number of aromatic nitrogens is 3. The Morgan fingerprint density at radius 1 is 1.12 bits per heavy atom. The van der Waals surface area contributed by atoms with Crippen LogP contribution in [0.1, 0.15) is 17.5 Å². The highest BCUT2D eigenvalue weighted by molar-refractivity contribution is 7.99. The molecule has 33 heavy (non-hydrogen) atoms. The number of methoxy groups -OCH3 is 1. The summed E-state index contributed by atoms with van der Waals surface area (Å²) in [6, 6.07) is 13.3. The number of nitrogens with one attached hydrogen (secondary N) is 1. The van der Waals surface area contributed by atoms with E-state index < -0.39 is 12.7 Å². The number of nitrogens with zero attached hydrogens (tertiary/aromatic N) is 3. The number of pyridine rings is 2. The first-order valence-electron chi connectivity index (χ1n) is 9.98. The van der Waals surface area contributed by atoms with Crippen LogP contribution in [-0.4, -0.2) is 38.9 Å². The van der Waals surface area contributed by atoms with Crippen LogP contribution in [0.5, 0.6) is 17.2 Å². The summed E-state index contributed by atoms with van der Waals surface area (Å²) in [5.41, 5.74) is 1.14. The average molecular weight is 483 g/mol. The van der Waals surface area contributed by atoms with Crippen molar-refractivity contribution in [2.24, 2.45) is 0 Å². The first-order chi connectivity index (χ1) is 16.1. The van der Waals surface area contributed by atoms with Crippen molar-refractivity contribution in [3.05, 3.63) is 71.6 Å². The molecule has 0 bridgehead atoms. The van der Waals surface area contributed by atoms with Crippen LogP contribution in [0, 0.1) is 6.92 Å². The lowest BCUT2D eigenvalue weighted by atomic mass is 10.3. The van der Waals surface area contributed by atoms with Gasteiger partial charge in [-0.25, -0.2) is 9.97 Å². The molecule has 0 fully saturated rings. The molecule has 0 spiro atoms. The largest absolute Gasteiger partial charge is 0.497 e. The quantitative estimate of drug-likeness (QED) is 0.305. The van der Waals surface area contributed by atoms with Gasteiger partial charge in [0, 0.05) is 33.6 Å². The number of anilines is 2. The molecule has 4 rings (SSSR count). The van der Waals surface area contributed by atoms with Gasteiger partial charge in [-0.2, -0.15) is 0 Å². The van der Waals surface area contributed by atoms with Crippen LogP contribution < -0.4 is 14.8 Å². The van der Waals surface area contributed by atoms with Crippen LogP contribution >= 0.6 is 23.1 Å². The molecule has 0 amide bonds. The fourth-order valence-electron chi connectivity index (χ4n) is 2.84. The van der Waals surface area contributed by atoms with Gasteiger partial charge in [0.05, 0.1) is 25.1 Å². The van der Waals surface area contributed by atoms with Crippen molar-refractivity contribution >= 4 is 34.0 Å². The van der Waals surface area contributed by atoms with E-state index in [9.17, 15) is 5.11 Å². The second-order valence-electron chi connectivity index (χ2n) is 6.89. The van der Waals surface area contributed by atoms with Crippen LogP contribution in [0.4, 0.5) is 10.9 Å². The Bertz CT molecular complexity index is 1230. The normalized spacial score (nSPS) is 11.8. The van der Waals surface area contributed by atoms with E-state index in [-0.39, 0.29) is 0 Å². The number of hydrogen-bond donors (Lipinski definition) is 3. The number of rotatable bonds is 9. The van der Waals surface area contributed by atoms with Gasteiger partial charge in [-0.1, -0.05) is 17.8 Å². The maximum absolute atomic E-state index is 9.81. The van der Waals surface area contributed by atoms with E-state index in [1.54, 1.807) is 30.9 Å². The van der Waals surface area contributed by atoms with Crippen LogP contribution in [0.15, 0.2) is 70.0 Å². The zero-order chi connectivity index (χ0) is 23.2. The monoisotopic (exact) mass is 482 g/mol. The summed E-state index contributed by atoms with van der Waals surface area (Å²) in [4.78, 5) is 15.0. The number of aliphatic hydroxyl groups excluding tert-OH is 2. The van der Waals surface area contributed by atoms with Gasteiger partial charge >= 0.3 is 0 Å². The molecule has 3 aromatic heterocycles. The SMILES string of the molecule is COc1cccc(Sc2cnc(Nc3nc(C(O)CO)cs3)c(Oc3cccnc3C)c2)c1. The lowest BCUT2D eigenvalue weighted by molar-refractivity contribution is 0.0928. The lowest BCUT2D eigenvalue weighted by Gasteiger charge is -2.13. The predicted octanol–water partition coefficient (Wildman–Crippen LogP) is 4.96. The third kappa shape index (κ3) is 5.79. The van der Waals surface area contributed by atoms with Crippen LogP contribution in [0.25, 0.3) is 0 Å². The molecule has 8 nitrogen and oxygen atoms in total. The maximum Gasteiger partial charge on any atom is 0.188 e. The summed E-state index contributed by atoms with van der Waals surface area (Å²) < 4.78 is 11.5. The molecule has 0 saturated heterocycles. The molecule has 0 aliphatic heterocycles. The first-order valence-corrected chi connectivity index (χ1v) is 11.7. The minimum atomic E-state index is -1.03. The summed E-state index contributed by atoms with van der Waals surface area (Å²) in [5, 5.41) is 24.3. The minimum Gasteiger partial charge on any atom is -0.497 e. The zero-order valence-electron chi connectivity index (χ0n) is 17.9. The number of aliphatic hydroxyl groups is 2. The van der Waals surface area contributed by atoms with Crippen molar-refractivity contribution in [2.45, 2.75) is 22.8 Å². The Labute approximate surface area is 199 Å². The van der Waals surface area contributed by atoms with E-state index in [1.807, 2.05) is 43.3 Å². The molecular weight excluding hydrogens is 460 g/mol. The molecule has 1 atom stereocenters. The third-order valence-corrected chi connectivity index (χ3v) is 6.27. The molecule has 10 heteroatoms. The number of ether oxygens (including phenoxy) is 2. The molecule has 1 aromatic carbocycles. The highest BCUT2D eigenvalue weighted by Gasteiger charge is 2.15. The van der Waals surface area contributed by atoms with Gasteiger partial charge < -0.3 is 25.0 Å². The van der Waals surface area contributed by atoms with Crippen molar-refractivity contribution in [3.8, 4) is 17.2 Å². The molecule has 0 radical (unpaired) electrons. The summed E-state index contributed by atoms with van der Waals surface area (Å²) >= 11 is 2.83. The predicted molar refractivity (Wildman–Crippen MR) is 128 cm³/mol.